The fourth-order valence-corrected chi connectivity index (χ4v) is 4.24. The van der Waals surface area contributed by atoms with Crippen molar-refractivity contribution in [3.63, 3.8) is 0 Å². The molecule has 0 unspecified atom stereocenters. The van der Waals surface area contributed by atoms with Gasteiger partial charge in [-0.15, -0.1) is 0 Å². The molecule has 0 fully saturated rings. The largest absolute Gasteiger partial charge is 0.507 e. The zero-order valence-corrected chi connectivity index (χ0v) is 19.6. The van der Waals surface area contributed by atoms with Gasteiger partial charge in [-0.25, -0.2) is 13.1 Å². The summed E-state index contributed by atoms with van der Waals surface area (Å²) in [5.74, 6) is -1.71. The van der Waals surface area contributed by atoms with E-state index < -0.39 is 34.1 Å². The first-order chi connectivity index (χ1) is 15.1. The molecule has 0 aliphatic carbocycles. The number of benzene rings is 2. The maximum Gasteiger partial charge on any atom is 0.315 e. The van der Waals surface area contributed by atoms with Crippen LogP contribution in [-0.4, -0.2) is 39.1 Å². The highest BCUT2D eigenvalue weighted by molar-refractivity contribution is 7.89. The predicted molar refractivity (Wildman–Crippen MR) is 120 cm³/mol. The molecule has 2 rings (SSSR count). The molecule has 2 aromatic carbocycles. The van der Waals surface area contributed by atoms with Gasteiger partial charge in [0.2, 0.25) is 15.9 Å². The number of unbranched alkanes of at least 4 members (excludes halogenated alkanes) is 1. The molecule has 0 aromatic heterocycles. The molecular weight excluding hydrogens is 483 g/mol. The van der Waals surface area contributed by atoms with Gasteiger partial charge >= 0.3 is 5.97 Å². The van der Waals surface area contributed by atoms with Crippen LogP contribution in [-0.2, 0) is 24.3 Å². The average Bonchev–Trinajstić information content (AvgIpc) is 2.71. The number of methoxy groups -OCH3 is 1. The second-order valence-electron chi connectivity index (χ2n) is 6.55. The highest BCUT2D eigenvalue weighted by Gasteiger charge is 2.20. The number of ether oxygens (including phenoxy) is 2. The van der Waals surface area contributed by atoms with E-state index in [4.69, 9.17) is 27.9 Å². The summed E-state index contributed by atoms with van der Waals surface area (Å²) in [7, 11) is -2.80. The molecule has 0 saturated carbocycles. The van der Waals surface area contributed by atoms with Crippen molar-refractivity contribution < 1.29 is 32.6 Å². The van der Waals surface area contributed by atoms with Gasteiger partial charge in [0.1, 0.15) is 22.8 Å². The second-order valence-corrected chi connectivity index (χ2v) is 9.10. The zero-order chi connectivity index (χ0) is 23.9. The molecule has 1 amide bonds. The number of halogens is 2. The molecule has 0 saturated heterocycles. The van der Waals surface area contributed by atoms with Gasteiger partial charge in [-0.3, -0.25) is 9.59 Å². The van der Waals surface area contributed by atoms with Gasteiger partial charge in [0, 0.05) is 18.3 Å². The van der Waals surface area contributed by atoms with Crippen molar-refractivity contribution in [3.05, 3.63) is 40.4 Å². The summed E-state index contributed by atoms with van der Waals surface area (Å²) in [6, 6.07) is 6.36. The van der Waals surface area contributed by atoms with Crippen molar-refractivity contribution >= 4 is 50.8 Å². The van der Waals surface area contributed by atoms with Gasteiger partial charge in [-0.1, -0.05) is 36.5 Å². The molecule has 0 bridgehead atoms. The van der Waals surface area contributed by atoms with Crippen LogP contribution in [0, 0.1) is 0 Å². The summed E-state index contributed by atoms with van der Waals surface area (Å²) in [6.45, 7) is 2.15. The number of rotatable bonds is 10. The fraction of sp³-hybridized carbons (Fsp3) is 0.300. The SMILES string of the molecule is CCCCNS(=O)(=O)c1cc(Oc2c(Cl)cc(NC(=O)CC(=O)OC)cc2Cl)ccc1O. The van der Waals surface area contributed by atoms with Gasteiger partial charge in [0.15, 0.2) is 5.75 Å². The number of carbonyl (C=O) groups excluding carboxylic acids is 2. The minimum atomic E-state index is -3.96. The van der Waals surface area contributed by atoms with Crippen LogP contribution < -0.4 is 14.8 Å². The summed E-state index contributed by atoms with van der Waals surface area (Å²) >= 11 is 12.4. The van der Waals surface area contributed by atoms with Crippen LogP contribution in [0.1, 0.15) is 26.2 Å². The highest BCUT2D eigenvalue weighted by Crippen LogP contribution is 2.40. The Morgan fingerprint density at radius 3 is 2.38 bits per heavy atom. The third-order valence-corrected chi connectivity index (χ3v) is 6.13. The van der Waals surface area contributed by atoms with Crippen LogP contribution in [0.4, 0.5) is 5.69 Å². The normalized spacial score (nSPS) is 11.1. The Labute approximate surface area is 195 Å². The third-order valence-electron chi connectivity index (χ3n) is 4.08. The van der Waals surface area contributed by atoms with Crippen LogP contribution in [0.5, 0.6) is 17.2 Å². The highest BCUT2D eigenvalue weighted by atomic mass is 35.5. The van der Waals surface area contributed by atoms with Crippen molar-refractivity contribution in [2.45, 2.75) is 31.1 Å². The number of phenols is 1. The Morgan fingerprint density at radius 1 is 1.12 bits per heavy atom. The average molecular weight is 505 g/mol. The van der Waals surface area contributed by atoms with Crippen molar-refractivity contribution in [2.75, 3.05) is 19.0 Å². The van der Waals surface area contributed by atoms with Gasteiger partial charge in [0.25, 0.3) is 0 Å². The Bertz CT molecular complexity index is 1080. The number of anilines is 1. The molecule has 0 radical (unpaired) electrons. The van der Waals surface area contributed by atoms with Gasteiger partial charge < -0.3 is 19.9 Å². The molecule has 174 valence electrons. The molecule has 12 heteroatoms. The van der Waals surface area contributed by atoms with Crippen LogP contribution in [0.25, 0.3) is 0 Å². The van der Waals surface area contributed by atoms with Gasteiger partial charge in [-0.05, 0) is 30.7 Å². The molecule has 0 atom stereocenters. The quantitative estimate of drug-likeness (QED) is 0.252. The van der Waals surface area contributed by atoms with E-state index >= 15 is 0 Å². The first-order valence-electron chi connectivity index (χ1n) is 9.43. The lowest BCUT2D eigenvalue weighted by Gasteiger charge is -2.14. The Morgan fingerprint density at radius 2 is 1.78 bits per heavy atom. The van der Waals surface area contributed by atoms with Crippen LogP contribution in [0.15, 0.2) is 35.2 Å². The smallest absolute Gasteiger partial charge is 0.315 e. The van der Waals surface area contributed by atoms with Crippen LogP contribution in [0.3, 0.4) is 0 Å². The molecule has 2 aromatic rings. The van der Waals surface area contributed by atoms with Crippen molar-refractivity contribution in [1.82, 2.24) is 4.72 Å². The summed E-state index contributed by atoms with van der Waals surface area (Å²) in [5.41, 5.74) is 0.218. The molecule has 3 N–H and O–H groups in total. The standard InChI is InChI=1S/C20H22Cl2N2O7S/c1-3-4-7-23-32(28,29)17-10-13(5-6-16(17)25)31-20-14(21)8-12(9-15(20)22)24-18(26)11-19(27)30-2/h5-6,8-10,23,25H,3-4,7,11H2,1-2H3,(H,24,26). The number of esters is 1. The zero-order valence-electron chi connectivity index (χ0n) is 17.3. The molecule has 0 aliphatic heterocycles. The van der Waals surface area contributed by atoms with Crippen molar-refractivity contribution in [3.8, 4) is 17.2 Å². The van der Waals surface area contributed by atoms with Crippen molar-refractivity contribution in [1.29, 1.82) is 0 Å². The third kappa shape index (κ3) is 6.99. The molecule has 0 heterocycles. The topological polar surface area (TPSA) is 131 Å². The lowest BCUT2D eigenvalue weighted by molar-refractivity contribution is -0.142. The number of sulfonamides is 1. The lowest BCUT2D eigenvalue weighted by Crippen LogP contribution is -2.24. The summed E-state index contributed by atoms with van der Waals surface area (Å²) < 4.78 is 37.4. The number of carbonyl (C=O) groups is 2. The van der Waals surface area contributed by atoms with Crippen LogP contribution in [0.2, 0.25) is 10.0 Å². The van der Waals surface area contributed by atoms with E-state index in [2.05, 4.69) is 14.8 Å². The number of phenolic OH excluding ortho intramolecular Hbond substituents is 1. The van der Waals surface area contributed by atoms with E-state index in [1.807, 2.05) is 6.92 Å². The number of amides is 1. The number of aromatic hydroxyl groups is 1. The van der Waals surface area contributed by atoms with Crippen molar-refractivity contribution in [2.24, 2.45) is 0 Å². The monoisotopic (exact) mass is 504 g/mol. The van der Waals surface area contributed by atoms with Gasteiger partial charge in [-0.2, -0.15) is 0 Å². The van der Waals surface area contributed by atoms with Crippen LogP contribution >= 0.6 is 23.2 Å². The summed E-state index contributed by atoms with van der Waals surface area (Å²) in [6.07, 6.45) is 0.957. The van der Waals surface area contributed by atoms with E-state index in [1.54, 1.807) is 0 Å². The maximum absolute atomic E-state index is 12.5. The van der Waals surface area contributed by atoms with E-state index in [0.29, 0.717) is 6.42 Å². The predicted octanol–water partition coefficient (Wildman–Crippen LogP) is 4.07. The van der Waals surface area contributed by atoms with E-state index in [9.17, 15) is 23.1 Å². The maximum atomic E-state index is 12.5. The minimum Gasteiger partial charge on any atom is -0.507 e. The molecule has 32 heavy (non-hydrogen) atoms. The Hall–Kier alpha value is -2.53. The lowest BCUT2D eigenvalue weighted by atomic mass is 10.2. The molecule has 0 spiro atoms. The Kier molecular flexibility index (Phi) is 9.14. The number of hydrogen-bond acceptors (Lipinski definition) is 7. The summed E-state index contributed by atoms with van der Waals surface area (Å²) in [5, 5.41) is 12.5. The van der Waals surface area contributed by atoms with E-state index in [0.717, 1.165) is 19.6 Å². The van der Waals surface area contributed by atoms with E-state index in [-0.39, 0.29) is 38.7 Å². The number of hydrogen-bond donors (Lipinski definition) is 3. The first-order valence-corrected chi connectivity index (χ1v) is 11.7. The first kappa shape index (κ1) is 25.7. The molecule has 0 aliphatic rings. The van der Waals surface area contributed by atoms with E-state index in [1.165, 1.54) is 24.3 Å². The number of nitrogens with one attached hydrogen (secondary N) is 2. The second kappa shape index (κ2) is 11.4. The summed E-state index contributed by atoms with van der Waals surface area (Å²) in [4.78, 5) is 22.6. The molecular formula is C20H22Cl2N2O7S. The molecule has 9 nitrogen and oxygen atoms in total. The fourth-order valence-electron chi connectivity index (χ4n) is 2.49. The minimum absolute atomic E-state index is 0.00674. The Balaban J connectivity index is 2.24. The van der Waals surface area contributed by atoms with Gasteiger partial charge in [0.05, 0.1) is 17.2 Å².